The van der Waals surface area contributed by atoms with Gasteiger partial charge in [-0.2, -0.15) is 0 Å². The first kappa shape index (κ1) is 19.2. The van der Waals surface area contributed by atoms with Crippen molar-refractivity contribution in [2.75, 3.05) is 25.6 Å². The number of alkyl carbamates (subject to hydrolysis) is 1. The summed E-state index contributed by atoms with van der Waals surface area (Å²) in [5.41, 5.74) is 1.69. The summed E-state index contributed by atoms with van der Waals surface area (Å²) in [5, 5.41) is 6.21. The topological polar surface area (TPSA) is 72.5 Å². The lowest BCUT2D eigenvalue weighted by atomic mass is 10.1. The Morgan fingerprint density at radius 1 is 1.39 bits per heavy atom. The van der Waals surface area contributed by atoms with Crippen LogP contribution in [0.1, 0.15) is 39.2 Å². The Labute approximate surface area is 139 Å². The average molecular weight is 323 g/mol. The minimum absolute atomic E-state index is 0.170. The summed E-state index contributed by atoms with van der Waals surface area (Å²) in [7, 11) is 1.68. The molecule has 23 heavy (non-hydrogen) atoms. The Morgan fingerprint density at radius 2 is 2.13 bits per heavy atom. The van der Waals surface area contributed by atoms with Gasteiger partial charge in [0, 0.05) is 25.9 Å². The van der Waals surface area contributed by atoms with Crippen molar-refractivity contribution >= 4 is 11.8 Å². The third-order valence-corrected chi connectivity index (χ3v) is 3.16. The van der Waals surface area contributed by atoms with Crippen LogP contribution in [0.25, 0.3) is 0 Å². The second-order valence-electron chi connectivity index (χ2n) is 6.56. The zero-order valence-electron chi connectivity index (χ0n) is 14.8. The van der Waals surface area contributed by atoms with Crippen molar-refractivity contribution in [1.82, 2.24) is 10.3 Å². The van der Waals surface area contributed by atoms with Gasteiger partial charge in [0.1, 0.15) is 5.60 Å². The predicted octanol–water partition coefficient (Wildman–Crippen LogP) is 3.12. The fourth-order valence-electron chi connectivity index (χ4n) is 2.09. The van der Waals surface area contributed by atoms with Gasteiger partial charge < -0.3 is 20.1 Å². The molecule has 0 radical (unpaired) electrons. The molecule has 1 unspecified atom stereocenters. The molecule has 1 amide bonds. The van der Waals surface area contributed by atoms with E-state index in [1.165, 1.54) is 0 Å². The van der Waals surface area contributed by atoms with Gasteiger partial charge in [0.25, 0.3) is 0 Å². The van der Waals surface area contributed by atoms with Gasteiger partial charge >= 0.3 is 6.09 Å². The van der Waals surface area contributed by atoms with Crippen LogP contribution in [0.4, 0.5) is 10.5 Å². The first-order valence-corrected chi connectivity index (χ1v) is 7.95. The Morgan fingerprint density at radius 3 is 2.74 bits per heavy atom. The van der Waals surface area contributed by atoms with Crippen molar-refractivity contribution in [1.29, 1.82) is 0 Å². The number of aryl methyl sites for hydroxylation is 1. The Bertz CT molecular complexity index is 486. The van der Waals surface area contributed by atoms with Crippen LogP contribution in [-0.2, 0) is 9.47 Å². The van der Waals surface area contributed by atoms with E-state index in [1.807, 2.05) is 40.0 Å². The van der Waals surface area contributed by atoms with Crippen LogP contribution in [0.2, 0.25) is 0 Å². The second kappa shape index (κ2) is 9.35. The number of methoxy groups -OCH3 is 1. The summed E-state index contributed by atoms with van der Waals surface area (Å²) in [6.07, 6.45) is 4.92. The monoisotopic (exact) mass is 323 g/mol. The highest BCUT2D eigenvalue weighted by Gasteiger charge is 2.16. The van der Waals surface area contributed by atoms with E-state index in [0.717, 1.165) is 24.1 Å². The Balaban J connectivity index is 2.36. The van der Waals surface area contributed by atoms with Gasteiger partial charge in [-0.3, -0.25) is 4.98 Å². The van der Waals surface area contributed by atoms with E-state index >= 15 is 0 Å². The van der Waals surface area contributed by atoms with E-state index in [9.17, 15) is 4.79 Å². The lowest BCUT2D eigenvalue weighted by molar-refractivity contribution is 0.0526. The van der Waals surface area contributed by atoms with E-state index in [1.54, 1.807) is 13.3 Å². The Kier molecular flexibility index (Phi) is 7.81. The molecule has 0 aliphatic carbocycles. The van der Waals surface area contributed by atoms with Gasteiger partial charge in [-0.05, 0) is 52.2 Å². The summed E-state index contributed by atoms with van der Waals surface area (Å²) < 4.78 is 10.5. The minimum Gasteiger partial charge on any atom is -0.444 e. The maximum atomic E-state index is 11.6. The van der Waals surface area contributed by atoms with E-state index in [2.05, 4.69) is 15.6 Å². The number of pyridine rings is 1. The van der Waals surface area contributed by atoms with Gasteiger partial charge in [0.2, 0.25) is 0 Å². The summed E-state index contributed by atoms with van der Waals surface area (Å²) >= 11 is 0. The number of rotatable bonds is 8. The van der Waals surface area contributed by atoms with Crippen molar-refractivity contribution in [3.8, 4) is 0 Å². The molecule has 130 valence electrons. The molecule has 0 bridgehead atoms. The van der Waals surface area contributed by atoms with Crippen molar-refractivity contribution in [2.24, 2.45) is 0 Å². The molecule has 0 aliphatic rings. The highest BCUT2D eigenvalue weighted by atomic mass is 16.6. The van der Waals surface area contributed by atoms with E-state index < -0.39 is 5.60 Å². The van der Waals surface area contributed by atoms with Crippen LogP contribution in [0, 0.1) is 6.92 Å². The van der Waals surface area contributed by atoms with Gasteiger partial charge in [0.05, 0.1) is 18.5 Å². The highest BCUT2D eigenvalue weighted by molar-refractivity contribution is 5.67. The van der Waals surface area contributed by atoms with Gasteiger partial charge in [-0.1, -0.05) is 0 Å². The molecular formula is C17H29N3O3. The van der Waals surface area contributed by atoms with Crippen LogP contribution in [0.15, 0.2) is 18.5 Å². The zero-order chi connectivity index (χ0) is 17.3. The molecule has 0 saturated heterocycles. The van der Waals surface area contributed by atoms with Crippen molar-refractivity contribution in [3.05, 3.63) is 24.0 Å². The van der Waals surface area contributed by atoms with Crippen LogP contribution in [0.3, 0.4) is 0 Å². The molecule has 0 aromatic carbocycles. The van der Waals surface area contributed by atoms with E-state index in [0.29, 0.717) is 13.2 Å². The lowest BCUT2D eigenvalue weighted by Gasteiger charge is -2.21. The number of hydrogen-bond donors (Lipinski definition) is 2. The van der Waals surface area contributed by atoms with Gasteiger partial charge in [-0.25, -0.2) is 4.79 Å². The maximum absolute atomic E-state index is 11.6. The number of hydrogen-bond acceptors (Lipinski definition) is 5. The van der Waals surface area contributed by atoms with Crippen LogP contribution >= 0.6 is 0 Å². The average Bonchev–Trinajstić information content (AvgIpc) is 2.44. The lowest BCUT2D eigenvalue weighted by Crippen LogP contribution is -2.34. The zero-order valence-corrected chi connectivity index (χ0v) is 14.8. The molecule has 0 aliphatic heterocycles. The largest absolute Gasteiger partial charge is 0.444 e. The van der Waals surface area contributed by atoms with Crippen LogP contribution in [-0.4, -0.2) is 43.0 Å². The number of carbonyl (C=O) groups excluding carboxylic acids is 1. The number of ether oxygens (including phenoxy) is 2. The molecule has 0 fully saturated rings. The number of anilines is 1. The molecule has 2 N–H and O–H groups in total. The summed E-state index contributed by atoms with van der Waals surface area (Å²) in [6.45, 7) is 8.76. The predicted molar refractivity (Wildman–Crippen MR) is 91.7 cm³/mol. The second-order valence-corrected chi connectivity index (χ2v) is 6.56. The first-order valence-electron chi connectivity index (χ1n) is 7.95. The molecule has 1 rings (SSSR count). The van der Waals surface area contributed by atoms with Crippen LogP contribution in [0.5, 0.6) is 0 Å². The molecule has 1 aromatic rings. The third-order valence-electron chi connectivity index (χ3n) is 3.16. The molecule has 6 heteroatoms. The molecule has 1 heterocycles. The standard InChI is InChI=1S/C17H29N3O3/c1-13-8-10-18-11-15(13)20-14(12-22-5)7-6-9-19-16(21)23-17(2,3)4/h8,10-11,14,20H,6-7,9,12H2,1-5H3,(H,19,21). The number of nitrogens with zero attached hydrogens (tertiary/aromatic N) is 1. The summed E-state index contributed by atoms with van der Waals surface area (Å²) in [4.78, 5) is 15.7. The van der Waals surface area contributed by atoms with Gasteiger partial charge in [-0.15, -0.1) is 0 Å². The number of amides is 1. The summed E-state index contributed by atoms with van der Waals surface area (Å²) in [5.74, 6) is 0. The Hall–Kier alpha value is -1.82. The molecule has 0 saturated carbocycles. The fraction of sp³-hybridized carbons (Fsp3) is 0.647. The highest BCUT2D eigenvalue weighted by Crippen LogP contribution is 2.14. The SMILES string of the molecule is COCC(CCCNC(=O)OC(C)(C)C)Nc1cnccc1C. The van der Waals surface area contributed by atoms with E-state index in [4.69, 9.17) is 9.47 Å². The fourth-order valence-corrected chi connectivity index (χ4v) is 2.09. The van der Waals surface area contributed by atoms with Crippen LogP contribution < -0.4 is 10.6 Å². The molecular weight excluding hydrogens is 294 g/mol. The number of nitrogens with one attached hydrogen (secondary N) is 2. The number of carbonyl (C=O) groups is 1. The minimum atomic E-state index is -0.470. The normalized spacial score (nSPS) is 12.6. The molecule has 6 nitrogen and oxygen atoms in total. The molecule has 1 atom stereocenters. The maximum Gasteiger partial charge on any atom is 0.407 e. The molecule has 0 spiro atoms. The van der Waals surface area contributed by atoms with Crippen molar-refractivity contribution < 1.29 is 14.3 Å². The quantitative estimate of drug-likeness (QED) is 0.719. The first-order chi connectivity index (χ1) is 10.8. The third kappa shape index (κ3) is 8.40. The summed E-state index contributed by atoms with van der Waals surface area (Å²) in [6, 6.07) is 2.14. The molecule has 1 aromatic heterocycles. The smallest absolute Gasteiger partial charge is 0.407 e. The van der Waals surface area contributed by atoms with Crippen molar-refractivity contribution in [2.45, 2.75) is 52.2 Å². The van der Waals surface area contributed by atoms with Crippen molar-refractivity contribution in [3.63, 3.8) is 0 Å². The van der Waals surface area contributed by atoms with Gasteiger partial charge in [0.15, 0.2) is 0 Å². The number of aromatic nitrogens is 1. The van der Waals surface area contributed by atoms with E-state index in [-0.39, 0.29) is 12.1 Å².